The van der Waals surface area contributed by atoms with Gasteiger partial charge in [0, 0.05) is 6.04 Å². The number of nitrogens with two attached hydrogens (primary N) is 1. The number of hydrogen-bond donors (Lipinski definition) is 1. The molecule has 1 heterocycles. The number of halogens is 2. The van der Waals surface area contributed by atoms with Crippen LogP contribution in [0.5, 0.6) is 11.5 Å². The Morgan fingerprint density at radius 1 is 1.33 bits per heavy atom. The average Bonchev–Trinajstić information content (AvgIpc) is 2.78. The summed E-state index contributed by atoms with van der Waals surface area (Å²) in [7, 11) is 0. The molecule has 2 N–H and O–H groups in total. The lowest BCUT2D eigenvalue weighted by atomic mass is 10.3. The normalized spacial score (nSPS) is 10.9. The first kappa shape index (κ1) is 12.3. The first-order valence-electron chi connectivity index (χ1n) is 5.44. The fourth-order valence-electron chi connectivity index (χ4n) is 1.42. The molecule has 1 aromatic heterocycles. The lowest BCUT2D eigenvalue weighted by Gasteiger charge is -2.08. The van der Waals surface area contributed by atoms with Crippen molar-refractivity contribution in [3.63, 3.8) is 0 Å². The van der Waals surface area contributed by atoms with E-state index >= 15 is 0 Å². The predicted octanol–water partition coefficient (Wildman–Crippen LogP) is 3.12. The van der Waals surface area contributed by atoms with Gasteiger partial charge in [-0.15, -0.1) is 0 Å². The van der Waals surface area contributed by atoms with E-state index in [1.54, 1.807) is 10.9 Å². The SMILES string of the molecule is CC(C)n1cc(Oc2c(N)ccc(F)c2F)cn1. The van der Waals surface area contributed by atoms with Crippen molar-refractivity contribution in [2.24, 2.45) is 0 Å². The van der Waals surface area contributed by atoms with E-state index in [9.17, 15) is 8.78 Å². The maximum absolute atomic E-state index is 13.5. The number of aromatic nitrogens is 2. The van der Waals surface area contributed by atoms with Crippen molar-refractivity contribution in [2.75, 3.05) is 5.73 Å². The van der Waals surface area contributed by atoms with E-state index in [1.807, 2.05) is 13.8 Å². The molecule has 0 saturated heterocycles. The third-order valence-corrected chi connectivity index (χ3v) is 2.41. The molecule has 0 fully saturated rings. The maximum Gasteiger partial charge on any atom is 0.203 e. The van der Waals surface area contributed by atoms with Gasteiger partial charge in [0.15, 0.2) is 17.3 Å². The van der Waals surface area contributed by atoms with Crippen LogP contribution in [-0.4, -0.2) is 9.78 Å². The molecule has 6 heteroatoms. The minimum absolute atomic E-state index is 0.0335. The number of nitrogens with zero attached hydrogens (tertiary/aromatic N) is 2. The van der Waals surface area contributed by atoms with Crippen molar-refractivity contribution in [3.05, 3.63) is 36.2 Å². The Bertz CT molecular complexity index is 566. The second-order valence-electron chi connectivity index (χ2n) is 4.13. The molecule has 0 unspecified atom stereocenters. The summed E-state index contributed by atoms with van der Waals surface area (Å²) in [5.74, 6) is -2.12. The van der Waals surface area contributed by atoms with Gasteiger partial charge in [0.2, 0.25) is 5.82 Å². The molecule has 0 amide bonds. The monoisotopic (exact) mass is 253 g/mol. The summed E-state index contributed by atoms with van der Waals surface area (Å²) in [6, 6.07) is 2.35. The summed E-state index contributed by atoms with van der Waals surface area (Å²) >= 11 is 0. The van der Waals surface area contributed by atoms with Gasteiger partial charge in [-0.2, -0.15) is 9.49 Å². The quantitative estimate of drug-likeness (QED) is 0.855. The molecule has 2 aromatic rings. The third kappa shape index (κ3) is 2.27. The zero-order valence-corrected chi connectivity index (χ0v) is 10.0. The Balaban J connectivity index is 2.31. The van der Waals surface area contributed by atoms with E-state index in [2.05, 4.69) is 5.10 Å². The van der Waals surface area contributed by atoms with Gasteiger partial charge in [-0.25, -0.2) is 4.39 Å². The Hall–Kier alpha value is -2.11. The third-order valence-electron chi connectivity index (χ3n) is 2.41. The van der Waals surface area contributed by atoms with Gasteiger partial charge >= 0.3 is 0 Å². The van der Waals surface area contributed by atoms with Gasteiger partial charge in [-0.05, 0) is 26.0 Å². The van der Waals surface area contributed by atoms with Crippen molar-refractivity contribution < 1.29 is 13.5 Å². The van der Waals surface area contributed by atoms with Crippen LogP contribution in [0, 0.1) is 11.6 Å². The van der Waals surface area contributed by atoms with Crippen LogP contribution in [0.3, 0.4) is 0 Å². The lowest BCUT2D eigenvalue weighted by molar-refractivity contribution is 0.417. The number of anilines is 1. The highest BCUT2D eigenvalue weighted by molar-refractivity contribution is 5.54. The molecule has 0 bridgehead atoms. The first-order valence-corrected chi connectivity index (χ1v) is 5.44. The summed E-state index contributed by atoms with van der Waals surface area (Å²) in [5.41, 5.74) is 5.58. The second kappa shape index (κ2) is 4.64. The van der Waals surface area contributed by atoms with Gasteiger partial charge < -0.3 is 10.5 Å². The summed E-state index contributed by atoms with van der Waals surface area (Å²) in [6.45, 7) is 3.88. The van der Waals surface area contributed by atoms with Crippen LogP contribution in [0.25, 0.3) is 0 Å². The van der Waals surface area contributed by atoms with Gasteiger partial charge in [0.05, 0.1) is 18.1 Å². The Morgan fingerprint density at radius 3 is 2.67 bits per heavy atom. The largest absolute Gasteiger partial charge is 0.449 e. The summed E-state index contributed by atoms with van der Waals surface area (Å²) in [6.07, 6.45) is 3.01. The van der Waals surface area contributed by atoms with Crippen molar-refractivity contribution in [2.45, 2.75) is 19.9 Å². The van der Waals surface area contributed by atoms with Crippen LogP contribution in [0.1, 0.15) is 19.9 Å². The van der Waals surface area contributed by atoms with Crippen molar-refractivity contribution in [1.29, 1.82) is 0 Å². The molecular weight excluding hydrogens is 240 g/mol. The fourth-order valence-corrected chi connectivity index (χ4v) is 1.42. The first-order chi connectivity index (χ1) is 8.49. The van der Waals surface area contributed by atoms with Crippen LogP contribution in [0.2, 0.25) is 0 Å². The highest BCUT2D eigenvalue weighted by Crippen LogP contribution is 2.31. The number of nitrogen functional groups attached to an aromatic ring is 1. The standard InChI is InChI=1S/C12H13F2N3O/c1-7(2)17-6-8(5-16-17)18-12-10(15)4-3-9(13)11(12)14/h3-7H,15H2,1-2H3. The number of ether oxygens (including phenoxy) is 1. The second-order valence-corrected chi connectivity index (χ2v) is 4.13. The van der Waals surface area contributed by atoms with E-state index in [1.165, 1.54) is 12.3 Å². The fraction of sp³-hybridized carbons (Fsp3) is 0.250. The Morgan fingerprint density at radius 2 is 2.06 bits per heavy atom. The zero-order valence-electron chi connectivity index (χ0n) is 10.0. The minimum atomic E-state index is -1.10. The predicted molar refractivity (Wildman–Crippen MR) is 63.5 cm³/mol. The van der Waals surface area contributed by atoms with Crippen LogP contribution >= 0.6 is 0 Å². The van der Waals surface area contributed by atoms with Crippen LogP contribution in [0.15, 0.2) is 24.5 Å². The number of benzene rings is 1. The van der Waals surface area contributed by atoms with Gasteiger partial charge in [-0.3, -0.25) is 4.68 Å². The van der Waals surface area contributed by atoms with E-state index in [0.29, 0.717) is 5.75 Å². The van der Waals surface area contributed by atoms with Crippen LogP contribution < -0.4 is 10.5 Å². The lowest BCUT2D eigenvalue weighted by Crippen LogP contribution is -2.00. The molecule has 0 radical (unpaired) electrons. The minimum Gasteiger partial charge on any atom is -0.449 e. The number of rotatable bonds is 3. The van der Waals surface area contributed by atoms with Gasteiger partial charge in [0.25, 0.3) is 0 Å². The summed E-state index contributed by atoms with van der Waals surface area (Å²) < 4.78 is 33.4. The zero-order chi connectivity index (χ0) is 13.3. The van der Waals surface area contributed by atoms with Crippen LogP contribution in [-0.2, 0) is 0 Å². The Labute approximate surface area is 103 Å². The molecule has 0 aliphatic heterocycles. The molecule has 4 nitrogen and oxygen atoms in total. The average molecular weight is 253 g/mol. The smallest absolute Gasteiger partial charge is 0.203 e. The molecule has 96 valence electrons. The molecular formula is C12H13F2N3O. The van der Waals surface area contributed by atoms with Gasteiger partial charge in [0.1, 0.15) is 0 Å². The molecule has 1 aromatic carbocycles. The molecule has 0 aliphatic carbocycles. The van der Waals surface area contributed by atoms with Crippen molar-refractivity contribution in [1.82, 2.24) is 9.78 Å². The summed E-state index contributed by atoms with van der Waals surface area (Å²) in [4.78, 5) is 0. The topological polar surface area (TPSA) is 53.1 Å². The van der Waals surface area contributed by atoms with Crippen molar-refractivity contribution >= 4 is 5.69 Å². The highest BCUT2D eigenvalue weighted by Gasteiger charge is 2.15. The highest BCUT2D eigenvalue weighted by atomic mass is 19.2. The molecule has 0 atom stereocenters. The van der Waals surface area contributed by atoms with E-state index < -0.39 is 11.6 Å². The van der Waals surface area contributed by atoms with Crippen molar-refractivity contribution in [3.8, 4) is 11.5 Å². The molecule has 0 spiro atoms. The molecule has 0 saturated carbocycles. The van der Waals surface area contributed by atoms with E-state index in [0.717, 1.165) is 6.07 Å². The van der Waals surface area contributed by atoms with E-state index in [4.69, 9.17) is 10.5 Å². The van der Waals surface area contributed by atoms with Gasteiger partial charge in [-0.1, -0.05) is 0 Å². The molecule has 2 rings (SSSR count). The Kier molecular flexibility index (Phi) is 3.18. The maximum atomic E-state index is 13.5. The molecule has 0 aliphatic rings. The van der Waals surface area contributed by atoms with Crippen LogP contribution in [0.4, 0.5) is 14.5 Å². The summed E-state index contributed by atoms with van der Waals surface area (Å²) in [5, 5.41) is 4.03. The van der Waals surface area contributed by atoms with E-state index in [-0.39, 0.29) is 17.5 Å². The molecule has 18 heavy (non-hydrogen) atoms. The number of hydrogen-bond acceptors (Lipinski definition) is 3.